The molecule has 2 aliphatic heterocycles. The average molecular weight is 360 g/mol. The smallest absolute Gasteiger partial charge is 0.263 e. The van der Waals surface area contributed by atoms with Crippen molar-refractivity contribution in [2.45, 2.75) is 19.1 Å². The predicted molar refractivity (Wildman–Crippen MR) is 95.3 cm³/mol. The van der Waals surface area contributed by atoms with Crippen LogP contribution in [0.25, 0.3) is 0 Å². The normalized spacial score (nSPS) is 22.8. The van der Waals surface area contributed by atoms with Crippen molar-refractivity contribution in [2.24, 2.45) is 0 Å². The first kappa shape index (κ1) is 16.2. The van der Waals surface area contributed by atoms with Gasteiger partial charge < -0.3 is 19.7 Å². The number of rotatable bonds is 2. The maximum Gasteiger partial charge on any atom is 0.263 e. The van der Waals surface area contributed by atoms with Crippen molar-refractivity contribution in [1.82, 2.24) is 4.98 Å². The first-order valence-corrected chi connectivity index (χ1v) is 8.56. The van der Waals surface area contributed by atoms with Crippen molar-refractivity contribution in [1.29, 1.82) is 0 Å². The van der Waals surface area contributed by atoms with Crippen LogP contribution in [0.15, 0.2) is 36.4 Å². The molecule has 0 radical (unpaired) electrons. The molecule has 1 aromatic carbocycles. The van der Waals surface area contributed by atoms with Crippen LogP contribution in [0.2, 0.25) is 5.02 Å². The maximum atomic E-state index is 11.6. The second kappa shape index (κ2) is 6.54. The lowest BCUT2D eigenvalue weighted by Gasteiger charge is -2.40. The Bertz CT molecular complexity index is 814. The number of carbonyl (C=O) groups excluding carboxylic acids is 1. The Kier molecular flexibility index (Phi) is 4.23. The van der Waals surface area contributed by atoms with Crippen LogP contribution in [0, 0.1) is 0 Å². The van der Waals surface area contributed by atoms with Crippen LogP contribution >= 0.6 is 11.6 Å². The van der Waals surface area contributed by atoms with E-state index in [9.17, 15) is 4.79 Å². The SMILES string of the molecule is CC1CN(c2ccc3c(n2)NC(=O)CO3)C(c2ccccc2Cl)CO1. The van der Waals surface area contributed by atoms with Gasteiger partial charge in [-0.3, -0.25) is 4.79 Å². The summed E-state index contributed by atoms with van der Waals surface area (Å²) in [7, 11) is 0. The van der Waals surface area contributed by atoms with Gasteiger partial charge in [0.25, 0.3) is 5.91 Å². The molecule has 3 heterocycles. The zero-order chi connectivity index (χ0) is 17.4. The molecule has 1 fully saturated rings. The first-order valence-electron chi connectivity index (χ1n) is 8.18. The van der Waals surface area contributed by atoms with Gasteiger partial charge in [-0.05, 0) is 30.7 Å². The average Bonchev–Trinajstić information content (AvgIpc) is 2.62. The number of aromatic nitrogens is 1. The van der Waals surface area contributed by atoms with Gasteiger partial charge in [0, 0.05) is 11.6 Å². The van der Waals surface area contributed by atoms with E-state index in [1.54, 1.807) is 0 Å². The predicted octanol–water partition coefficient (Wildman–Crippen LogP) is 3.03. The first-order chi connectivity index (χ1) is 12.1. The monoisotopic (exact) mass is 359 g/mol. The molecule has 7 heteroatoms. The number of fused-ring (bicyclic) bond motifs is 1. The Morgan fingerprint density at radius 3 is 2.96 bits per heavy atom. The van der Waals surface area contributed by atoms with Crippen LogP contribution in [0.3, 0.4) is 0 Å². The number of ether oxygens (including phenoxy) is 2. The van der Waals surface area contributed by atoms with Crippen molar-refractivity contribution in [3.05, 3.63) is 47.0 Å². The van der Waals surface area contributed by atoms with E-state index in [-0.39, 0.29) is 24.7 Å². The maximum absolute atomic E-state index is 11.6. The highest BCUT2D eigenvalue weighted by atomic mass is 35.5. The van der Waals surface area contributed by atoms with Gasteiger partial charge in [-0.25, -0.2) is 4.98 Å². The molecular formula is C18H18ClN3O3. The third-order valence-corrected chi connectivity index (χ3v) is 4.73. The molecule has 1 N–H and O–H groups in total. The summed E-state index contributed by atoms with van der Waals surface area (Å²) in [4.78, 5) is 18.3. The summed E-state index contributed by atoms with van der Waals surface area (Å²) in [5.41, 5.74) is 0.996. The number of halogens is 1. The topological polar surface area (TPSA) is 63.7 Å². The van der Waals surface area contributed by atoms with Crippen molar-refractivity contribution in [3.8, 4) is 5.75 Å². The van der Waals surface area contributed by atoms with Gasteiger partial charge in [-0.15, -0.1) is 0 Å². The molecule has 0 spiro atoms. The van der Waals surface area contributed by atoms with Crippen LogP contribution in [0.4, 0.5) is 11.6 Å². The minimum atomic E-state index is -0.199. The summed E-state index contributed by atoms with van der Waals surface area (Å²) in [6, 6.07) is 11.4. The number of benzene rings is 1. The van der Waals surface area contributed by atoms with Crippen LogP contribution in [0.5, 0.6) is 5.75 Å². The van der Waals surface area contributed by atoms with Gasteiger partial charge in [0.1, 0.15) is 5.82 Å². The molecule has 0 saturated carbocycles. The zero-order valence-corrected chi connectivity index (χ0v) is 14.5. The molecule has 1 saturated heterocycles. The molecule has 0 aliphatic carbocycles. The van der Waals surface area contributed by atoms with E-state index in [4.69, 9.17) is 21.1 Å². The number of hydrogen-bond donors (Lipinski definition) is 1. The lowest BCUT2D eigenvalue weighted by Crippen LogP contribution is -2.44. The molecule has 1 aromatic heterocycles. The molecule has 0 bridgehead atoms. The Balaban J connectivity index is 1.71. The summed E-state index contributed by atoms with van der Waals surface area (Å²) in [6.45, 7) is 3.24. The Labute approximate surface area is 150 Å². The summed E-state index contributed by atoms with van der Waals surface area (Å²) in [6.07, 6.45) is 0.0717. The number of anilines is 2. The largest absolute Gasteiger partial charge is 0.480 e. The van der Waals surface area contributed by atoms with E-state index < -0.39 is 0 Å². The highest BCUT2D eigenvalue weighted by molar-refractivity contribution is 6.31. The van der Waals surface area contributed by atoms with Crippen LogP contribution < -0.4 is 15.0 Å². The fourth-order valence-corrected chi connectivity index (χ4v) is 3.43. The lowest BCUT2D eigenvalue weighted by molar-refractivity contribution is -0.118. The summed E-state index contributed by atoms with van der Waals surface area (Å²) in [5.74, 6) is 1.59. The van der Waals surface area contributed by atoms with Crippen molar-refractivity contribution < 1.29 is 14.3 Å². The molecule has 4 rings (SSSR count). The van der Waals surface area contributed by atoms with Crippen molar-refractivity contribution in [3.63, 3.8) is 0 Å². The van der Waals surface area contributed by atoms with Crippen LogP contribution in [-0.2, 0) is 9.53 Å². The fraction of sp³-hybridized carbons (Fsp3) is 0.333. The molecule has 2 aliphatic rings. The van der Waals surface area contributed by atoms with Gasteiger partial charge in [0.05, 0.1) is 18.8 Å². The fourth-order valence-electron chi connectivity index (χ4n) is 3.17. The van der Waals surface area contributed by atoms with E-state index in [1.165, 1.54) is 0 Å². The molecule has 2 aromatic rings. The third kappa shape index (κ3) is 3.15. The number of carbonyl (C=O) groups is 1. The minimum absolute atomic E-state index is 0.0187. The molecule has 25 heavy (non-hydrogen) atoms. The van der Waals surface area contributed by atoms with Crippen LogP contribution in [-0.4, -0.2) is 36.8 Å². The summed E-state index contributed by atoms with van der Waals surface area (Å²) < 4.78 is 11.2. The van der Waals surface area contributed by atoms with Gasteiger partial charge in [0.15, 0.2) is 18.2 Å². The third-order valence-electron chi connectivity index (χ3n) is 4.39. The highest BCUT2D eigenvalue weighted by Gasteiger charge is 2.31. The lowest BCUT2D eigenvalue weighted by atomic mass is 10.0. The summed E-state index contributed by atoms with van der Waals surface area (Å²) >= 11 is 6.40. The van der Waals surface area contributed by atoms with E-state index in [0.29, 0.717) is 29.7 Å². The van der Waals surface area contributed by atoms with Crippen LogP contribution in [0.1, 0.15) is 18.5 Å². The van der Waals surface area contributed by atoms with E-state index in [2.05, 4.69) is 15.2 Å². The number of morpholine rings is 1. The van der Waals surface area contributed by atoms with E-state index in [1.807, 2.05) is 43.3 Å². The van der Waals surface area contributed by atoms with Gasteiger partial charge in [-0.2, -0.15) is 0 Å². The quantitative estimate of drug-likeness (QED) is 0.893. The minimum Gasteiger partial charge on any atom is -0.480 e. The molecule has 2 atom stereocenters. The van der Waals surface area contributed by atoms with Gasteiger partial charge >= 0.3 is 0 Å². The van der Waals surface area contributed by atoms with Gasteiger partial charge in [-0.1, -0.05) is 29.8 Å². The second-order valence-corrected chi connectivity index (χ2v) is 6.59. The van der Waals surface area contributed by atoms with Crippen molar-refractivity contribution in [2.75, 3.05) is 30.0 Å². The second-order valence-electron chi connectivity index (χ2n) is 6.19. The number of nitrogens with zero attached hydrogens (tertiary/aromatic N) is 2. The highest BCUT2D eigenvalue weighted by Crippen LogP contribution is 2.36. The molecule has 1 amide bonds. The van der Waals surface area contributed by atoms with Crippen molar-refractivity contribution >= 4 is 29.1 Å². The molecule has 6 nitrogen and oxygen atoms in total. The molecule has 2 unspecified atom stereocenters. The molecule has 130 valence electrons. The standard InChI is InChI=1S/C18H18ClN3O3/c1-11-8-22(14(9-24-11)12-4-2-3-5-13(12)19)16-7-6-15-18(20-16)21-17(23)10-25-15/h2-7,11,14H,8-10H2,1H3,(H,20,21,23). The van der Waals surface area contributed by atoms with E-state index >= 15 is 0 Å². The Morgan fingerprint density at radius 1 is 1.28 bits per heavy atom. The number of pyridine rings is 1. The Morgan fingerprint density at radius 2 is 2.12 bits per heavy atom. The number of nitrogens with one attached hydrogen (secondary N) is 1. The Hall–Kier alpha value is -2.31. The molecular weight excluding hydrogens is 342 g/mol. The van der Waals surface area contributed by atoms with Gasteiger partial charge in [0.2, 0.25) is 0 Å². The summed E-state index contributed by atoms with van der Waals surface area (Å²) in [5, 5.41) is 3.46. The zero-order valence-electron chi connectivity index (χ0n) is 13.7. The van der Waals surface area contributed by atoms with E-state index in [0.717, 1.165) is 11.4 Å². The number of amides is 1. The number of hydrogen-bond acceptors (Lipinski definition) is 5.